The van der Waals surface area contributed by atoms with Crippen molar-refractivity contribution in [2.24, 2.45) is 0 Å². The molecule has 0 aromatic heterocycles. The van der Waals surface area contributed by atoms with Crippen molar-refractivity contribution in [3.8, 4) is 5.75 Å². The maximum Gasteiger partial charge on any atom is 0.416 e. The lowest BCUT2D eigenvalue weighted by molar-refractivity contribution is -0.141. The molecule has 0 spiro atoms. The summed E-state index contributed by atoms with van der Waals surface area (Å²) in [5, 5.41) is 2.99. The average molecular weight is 648 g/mol. The number of carbonyl (C=O) groups excluding carboxylic acids is 2. The molecule has 3 aromatic carbocycles. The van der Waals surface area contributed by atoms with Gasteiger partial charge in [-0.05, 0) is 61.2 Å². The minimum absolute atomic E-state index is 0.00178. The summed E-state index contributed by atoms with van der Waals surface area (Å²) in [7, 11) is -2.45. The quantitative estimate of drug-likeness (QED) is 0.225. The number of carbonyl (C=O) groups is 2. The molecule has 8 nitrogen and oxygen atoms in total. The van der Waals surface area contributed by atoms with Gasteiger partial charge in [-0.3, -0.25) is 13.9 Å². The van der Waals surface area contributed by atoms with Gasteiger partial charge in [-0.1, -0.05) is 55.5 Å². The number of nitrogens with zero attached hydrogens (tertiary/aromatic N) is 2. The van der Waals surface area contributed by atoms with E-state index >= 15 is 0 Å². The Hall–Kier alpha value is -4.06. The zero-order chi connectivity index (χ0) is 33.2. The van der Waals surface area contributed by atoms with E-state index in [-0.39, 0.29) is 50.0 Å². The van der Waals surface area contributed by atoms with E-state index in [9.17, 15) is 31.2 Å². The lowest BCUT2D eigenvalue weighted by Crippen LogP contribution is -2.52. The van der Waals surface area contributed by atoms with E-state index < -0.39 is 33.7 Å². The zero-order valence-electron chi connectivity index (χ0n) is 25.9. The Bertz CT molecular complexity index is 1530. The van der Waals surface area contributed by atoms with Crippen molar-refractivity contribution in [3.63, 3.8) is 0 Å². The van der Waals surface area contributed by atoms with Gasteiger partial charge in [-0.15, -0.1) is 0 Å². The summed E-state index contributed by atoms with van der Waals surface area (Å²) in [6, 6.07) is 19.4. The molecule has 244 valence electrons. The van der Waals surface area contributed by atoms with Crippen LogP contribution in [0.4, 0.5) is 18.9 Å². The Labute approximate surface area is 263 Å². The highest BCUT2D eigenvalue weighted by molar-refractivity contribution is 7.92. The van der Waals surface area contributed by atoms with E-state index in [1.807, 2.05) is 50.2 Å². The molecule has 0 unspecified atom stereocenters. The number of alkyl halides is 3. The number of rotatable bonds is 15. The summed E-state index contributed by atoms with van der Waals surface area (Å²) in [4.78, 5) is 29.1. The summed E-state index contributed by atoms with van der Waals surface area (Å²) in [5.74, 6) is -0.157. The third-order valence-corrected chi connectivity index (χ3v) is 8.57. The molecule has 3 aromatic rings. The van der Waals surface area contributed by atoms with E-state index in [4.69, 9.17) is 4.74 Å². The molecule has 0 fully saturated rings. The molecule has 2 amide bonds. The summed E-state index contributed by atoms with van der Waals surface area (Å²) in [6.45, 7) is 3.65. The number of anilines is 1. The molecule has 0 aliphatic rings. The number of ether oxygens (including phenoxy) is 1. The second-order valence-electron chi connectivity index (χ2n) is 10.9. The van der Waals surface area contributed by atoms with Crippen LogP contribution in [-0.4, -0.2) is 57.1 Å². The van der Waals surface area contributed by atoms with E-state index in [1.165, 1.54) is 18.1 Å². The van der Waals surface area contributed by atoms with Crippen molar-refractivity contribution >= 4 is 27.5 Å². The molecule has 1 N–H and O–H groups in total. The highest BCUT2D eigenvalue weighted by Crippen LogP contribution is 2.32. The summed E-state index contributed by atoms with van der Waals surface area (Å²) < 4.78 is 71.5. The van der Waals surface area contributed by atoms with Crippen LogP contribution in [0.2, 0.25) is 0 Å². The van der Waals surface area contributed by atoms with E-state index in [2.05, 4.69) is 5.32 Å². The van der Waals surface area contributed by atoms with E-state index in [1.54, 1.807) is 18.2 Å². The van der Waals surface area contributed by atoms with Crippen LogP contribution < -0.4 is 14.4 Å². The van der Waals surface area contributed by atoms with Crippen LogP contribution in [0.15, 0.2) is 78.9 Å². The lowest BCUT2D eigenvalue weighted by Gasteiger charge is -2.33. The Morgan fingerprint density at radius 2 is 1.62 bits per heavy atom. The van der Waals surface area contributed by atoms with E-state index in [0.717, 1.165) is 39.9 Å². The van der Waals surface area contributed by atoms with Crippen LogP contribution in [0.3, 0.4) is 0 Å². The fourth-order valence-corrected chi connectivity index (χ4v) is 5.76. The van der Waals surface area contributed by atoms with E-state index in [0.29, 0.717) is 12.2 Å². The second kappa shape index (κ2) is 15.8. The molecule has 0 radical (unpaired) electrons. The van der Waals surface area contributed by atoms with Crippen LogP contribution in [0.5, 0.6) is 5.75 Å². The summed E-state index contributed by atoms with van der Waals surface area (Å²) in [5.41, 5.74) is 0.435. The van der Waals surface area contributed by atoms with Crippen LogP contribution >= 0.6 is 0 Å². The van der Waals surface area contributed by atoms with Crippen molar-refractivity contribution < 1.29 is 35.9 Å². The number of benzene rings is 3. The number of amides is 2. The van der Waals surface area contributed by atoms with Gasteiger partial charge in [-0.2, -0.15) is 13.2 Å². The zero-order valence-corrected chi connectivity index (χ0v) is 26.7. The molecule has 2 atom stereocenters. The first-order valence-electron chi connectivity index (χ1n) is 14.6. The van der Waals surface area contributed by atoms with Gasteiger partial charge < -0.3 is 15.0 Å². The third-order valence-electron chi connectivity index (χ3n) is 7.37. The number of halogens is 3. The summed E-state index contributed by atoms with van der Waals surface area (Å²) >= 11 is 0. The van der Waals surface area contributed by atoms with Crippen LogP contribution in [0, 0.1) is 0 Å². The Morgan fingerprint density at radius 3 is 2.24 bits per heavy atom. The largest absolute Gasteiger partial charge is 0.497 e. The Balaban J connectivity index is 1.92. The minimum atomic E-state index is -4.65. The van der Waals surface area contributed by atoms with Crippen molar-refractivity contribution in [2.45, 2.75) is 64.3 Å². The normalized spacial score (nSPS) is 13.0. The van der Waals surface area contributed by atoms with Crippen molar-refractivity contribution in [3.05, 3.63) is 95.6 Å². The molecule has 0 aliphatic carbocycles. The number of hydrogen-bond donors (Lipinski definition) is 1. The number of nitrogens with one attached hydrogen (secondary N) is 1. The van der Waals surface area contributed by atoms with Gasteiger partial charge in [0, 0.05) is 32.0 Å². The lowest BCUT2D eigenvalue weighted by atomic mass is 10.0. The third kappa shape index (κ3) is 10.5. The van der Waals surface area contributed by atoms with Crippen LogP contribution in [0.1, 0.15) is 49.8 Å². The highest BCUT2D eigenvalue weighted by Gasteiger charge is 2.33. The first-order chi connectivity index (χ1) is 21.2. The Kier molecular flexibility index (Phi) is 12.4. The molecule has 3 rings (SSSR count). The van der Waals surface area contributed by atoms with Gasteiger partial charge in [-0.25, -0.2) is 8.42 Å². The Morgan fingerprint density at radius 1 is 0.956 bits per heavy atom. The van der Waals surface area contributed by atoms with Crippen molar-refractivity contribution in [1.29, 1.82) is 0 Å². The predicted octanol–water partition coefficient (Wildman–Crippen LogP) is 5.82. The minimum Gasteiger partial charge on any atom is -0.497 e. The second-order valence-corrected chi connectivity index (χ2v) is 12.8. The molecule has 0 saturated heterocycles. The monoisotopic (exact) mass is 647 g/mol. The average Bonchev–Trinajstić information content (AvgIpc) is 3.00. The fourth-order valence-electron chi connectivity index (χ4n) is 4.80. The smallest absolute Gasteiger partial charge is 0.416 e. The molecule has 0 aliphatic heterocycles. The molecule has 0 heterocycles. The molecular weight excluding hydrogens is 607 g/mol. The molecule has 12 heteroatoms. The van der Waals surface area contributed by atoms with Gasteiger partial charge in [0.1, 0.15) is 11.8 Å². The first-order valence-corrected chi connectivity index (χ1v) is 16.5. The van der Waals surface area contributed by atoms with Crippen LogP contribution in [-0.2, 0) is 38.8 Å². The van der Waals surface area contributed by atoms with Gasteiger partial charge in [0.25, 0.3) is 0 Å². The van der Waals surface area contributed by atoms with Gasteiger partial charge in [0.2, 0.25) is 21.8 Å². The molecular formula is C33H40F3N3O5S. The summed E-state index contributed by atoms with van der Waals surface area (Å²) in [6.07, 6.45) is -2.99. The predicted molar refractivity (Wildman–Crippen MR) is 168 cm³/mol. The van der Waals surface area contributed by atoms with Crippen molar-refractivity contribution in [1.82, 2.24) is 10.2 Å². The van der Waals surface area contributed by atoms with Gasteiger partial charge in [0.15, 0.2) is 0 Å². The van der Waals surface area contributed by atoms with Gasteiger partial charge in [0.05, 0.1) is 24.6 Å². The number of hydrogen-bond acceptors (Lipinski definition) is 5. The molecule has 0 saturated carbocycles. The maximum absolute atomic E-state index is 13.9. The number of sulfonamides is 1. The molecule has 0 bridgehead atoms. The van der Waals surface area contributed by atoms with Gasteiger partial charge >= 0.3 is 6.18 Å². The maximum atomic E-state index is 13.9. The van der Waals surface area contributed by atoms with Crippen LogP contribution in [0.25, 0.3) is 0 Å². The first kappa shape index (κ1) is 35.4. The number of methoxy groups -OCH3 is 1. The highest BCUT2D eigenvalue weighted by atomic mass is 32.2. The SMILES string of the molecule is CC[C@H](C)NC(=O)[C@H](Cc1ccccc1)N(Cc1cccc(OC)c1)C(=O)CCCN(c1cccc(C(F)(F)F)c1)S(C)(=O)=O. The fraction of sp³-hybridized carbons (Fsp3) is 0.394. The standard InChI is InChI=1S/C33H40F3N3O5S/c1-5-24(2)37-32(41)30(21-25-12-7-6-8-13-25)38(23-26-14-9-17-29(20-26)44-3)31(40)18-11-19-39(45(4,42)43)28-16-10-15-27(22-28)33(34,35)36/h6-10,12-17,20,22,24,30H,5,11,18-19,21,23H2,1-4H3,(H,37,41)/t24-,30-/m0/s1. The molecule has 45 heavy (non-hydrogen) atoms. The van der Waals surface area contributed by atoms with Crippen molar-refractivity contribution in [2.75, 3.05) is 24.2 Å². The topological polar surface area (TPSA) is 96.0 Å².